The van der Waals surface area contributed by atoms with Crippen LogP contribution in [0, 0.1) is 0 Å². The van der Waals surface area contributed by atoms with Crippen molar-refractivity contribution in [2.24, 2.45) is 0 Å². The molecule has 2 atom stereocenters. The van der Waals surface area contributed by atoms with Crippen LogP contribution in [-0.2, 0) is 16.1 Å². The van der Waals surface area contributed by atoms with Crippen LogP contribution in [0.5, 0.6) is 0 Å². The van der Waals surface area contributed by atoms with Gasteiger partial charge in [-0.05, 0) is 18.4 Å². The van der Waals surface area contributed by atoms with Crippen molar-refractivity contribution in [3.05, 3.63) is 35.9 Å². The summed E-state index contributed by atoms with van der Waals surface area (Å²) in [6.07, 6.45) is 0.0728. The largest absolute Gasteiger partial charge is 0.459 e. The summed E-state index contributed by atoms with van der Waals surface area (Å²) < 4.78 is 5.02. The number of esters is 1. The van der Waals surface area contributed by atoms with Crippen LogP contribution in [0.3, 0.4) is 0 Å². The van der Waals surface area contributed by atoms with E-state index in [1.807, 2.05) is 30.3 Å². The molecular weight excluding hydrogens is 234 g/mol. The zero-order valence-corrected chi connectivity index (χ0v) is 10.0. The van der Waals surface area contributed by atoms with E-state index in [1.54, 1.807) is 0 Å². The molecule has 0 aliphatic carbocycles. The maximum Gasteiger partial charge on any atom is 0.337 e. The molecule has 0 spiro atoms. The van der Waals surface area contributed by atoms with Gasteiger partial charge in [0.05, 0.1) is 6.04 Å². The van der Waals surface area contributed by atoms with Gasteiger partial charge in [-0.25, -0.2) is 4.79 Å². The van der Waals surface area contributed by atoms with Crippen LogP contribution in [0.2, 0.25) is 0 Å². The van der Waals surface area contributed by atoms with E-state index in [0.29, 0.717) is 13.0 Å². The summed E-state index contributed by atoms with van der Waals surface area (Å²) in [4.78, 5) is 11.6. The Bertz CT molecular complexity index is 395. The quantitative estimate of drug-likeness (QED) is 0.779. The van der Waals surface area contributed by atoms with Crippen LogP contribution in [0.25, 0.3) is 0 Å². The van der Waals surface area contributed by atoms with E-state index >= 15 is 0 Å². The molecule has 5 nitrogen and oxygen atoms in total. The molecule has 0 aromatic heterocycles. The first-order valence-electron chi connectivity index (χ1n) is 6.02. The topological polar surface area (TPSA) is 70.0 Å². The lowest BCUT2D eigenvalue weighted by Gasteiger charge is -2.21. The van der Waals surface area contributed by atoms with E-state index in [-0.39, 0.29) is 6.61 Å². The molecule has 1 heterocycles. The summed E-state index contributed by atoms with van der Waals surface area (Å²) in [6.45, 7) is 0.614. The third-order valence-electron chi connectivity index (χ3n) is 3.10. The van der Waals surface area contributed by atoms with E-state index < -0.39 is 18.1 Å². The molecule has 0 saturated carbocycles. The summed E-state index contributed by atoms with van der Waals surface area (Å²) in [7, 11) is 0. The fourth-order valence-corrected chi connectivity index (χ4v) is 2.07. The maximum absolute atomic E-state index is 11.6. The number of hydroxylamine groups is 2. The second-order valence-electron chi connectivity index (χ2n) is 4.41. The van der Waals surface area contributed by atoms with Gasteiger partial charge in [0, 0.05) is 6.54 Å². The van der Waals surface area contributed by atoms with Gasteiger partial charge < -0.3 is 15.1 Å². The Labute approximate surface area is 106 Å². The van der Waals surface area contributed by atoms with Gasteiger partial charge in [0.15, 0.2) is 6.10 Å². The van der Waals surface area contributed by atoms with Gasteiger partial charge >= 0.3 is 5.97 Å². The van der Waals surface area contributed by atoms with Crippen molar-refractivity contribution in [1.82, 2.24) is 5.06 Å². The van der Waals surface area contributed by atoms with Crippen LogP contribution in [0.15, 0.2) is 30.3 Å². The molecule has 0 amide bonds. The average molecular weight is 251 g/mol. The third kappa shape index (κ3) is 3.07. The van der Waals surface area contributed by atoms with Gasteiger partial charge in [-0.15, -0.1) is 0 Å². The Hall–Kier alpha value is -1.43. The lowest BCUT2D eigenvalue weighted by Crippen LogP contribution is -2.42. The zero-order chi connectivity index (χ0) is 13.0. The fraction of sp³-hybridized carbons (Fsp3) is 0.462. The molecule has 18 heavy (non-hydrogen) atoms. The van der Waals surface area contributed by atoms with Crippen LogP contribution < -0.4 is 0 Å². The van der Waals surface area contributed by atoms with Crippen LogP contribution >= 0.6 is 0 Å². The molecule has 2 rings (SSSR count). The van der Waals surface area contributed by atoms with Crippen molar-refractivity contribution in [3.8, 4) is 0 Å². The van der Waals surface area contributed by atoms with E-state index in [1.165, 1.54) is 0 Å². The summed E-state index contributed by atoms with van der Waals surface area (Å²) in [5.41, 5.74) is 0.866. The smallest absolute Gasteiger partial charge is 0.337 e. The zero-order valence-electron chi connectivity index (χ0n) is 10.0. The number of benzene rings is 1. The number of aliphatic hydroxyl groups excluding tert-OH is 1. The number of hydrogen-bond acceptors (Lipinski definition) is 5. The highest BCUT2D eigenvalue weighted by molar-refractivity contribution is 5.75. The molecule has 98 valence electrons. The second-order valence-corrected chi connectivity index (χ2v) is 4.41. The number of ether oxygens (including phenoxy) is 1. The standard InChI is InChI=1S/C13H17NO4/c15-12(11-7-4-8-14(11)17)13(16)18-9-10-5-2-1-3-6-10/h1-3,5-6,11-12,15,17H,4,7-9H2/t11-,12-/m0/s1. The van der Waals surface area contributed by atoms with Gasteiger partial charge in [0.1, 0.15) is 6.61 Å². The molecule has 0 radical (unpaired) electrons. The first-order chi connectivity index (χ1) is 8.68. The van der Waals surface area contributed by atoms with Gasteiger partial charge in [0.2, 0.25) is 0 Å². The normalized spacial score (nSPS) is 21.8. The van der Waals surface area contributed by atoms with E-state index in [9.17, 15) is 15.1 Å². The molecule has 1 aliphatic rings. The molecule has 2 N–H and O–H groups in total. The van der Waals surface area contributed by atoms with Gasteiger partial charge in [-0.1, -0.05) is 30.3 Å². The average Bonchev–Trinajstić information content (AvgIpc) is 2.82. The highest BCUT2D eigenvalue weighted by Gasteiger charge is 2.35. The third-order valence-corrected chi connectivity index (χ3v) is 3.10. The Morgan fingerprint density at radius 2 is 2.17 bits per heavy atom. The van der Waals surface area contributed by atoms with Crippen molar-refractivity contribution in [2.45, 2.75) is 31.6 Å². The SMILES string of the molecule is O=C(OCc1ccccc1)[C@@H](O)[C@@H]1CCCN1O. The van der Waals surface area contributed by atoms with Gasteiger partial charge in [-0.3, -0.25) is 0 Å². The predicted molar refractivity (Wildman–Crippen MR) is 63.8 cm³/mol. The summed E-state index contributed by atoms with van der Waals surface area (Å²) in [6, 6.07) is 8.72. The molecule has 0 unspecified atom stereocenters. The predicted octanol–water partition coefficient (Wildman–Crippen LogP) is 0.944. The van der Waals surface area contributed by atoms with Crippen LogP contribution in [-0.4, -0.2) is 40.0 Å². The second kappa shape index (κ2) is 5.95. The van der Waals surface area contributed by atoms with Crippen LogP contribution in [0.1, 0.15) is 18.4 Å². The molecule has 5 heteroatoms. The first kappa shape index (κ1) is 13.0. The van der Waals surface area contributed by atoms with Crippen LogP contribution in [0.4, 0.5) is 0 Å². The lowest BCUT2D eigenvalue weighted by atomic mass is 10.1. The van der Waals surface area contributed by atoms with Crippen molar-refractivity contribution in [3.63, 3.8) is 0 Å². The van der Waals surface area contributed by atoms with Crippen molar-refractivity contribution in [2.75, 3.05) is 6.54 Å². The van der Waals surface area contributed by atoms with Crippen molar-refractivity contribution < 1.29 is 19.8 Å². The highest BCUT2D eigenvalue weighted by Crippen LogP contribution is 2.18. The number of rotatable bonds is 4. The summed E-state index contributed by atoms with van der Waals surface area (Å²) in [5, 5.41) is 20.3. The monoisotopic (exact) mass is 251 g/mol. The van der Waals surface area contributed by atoms with Gasteiger partial charge in [0.25, 0.3) is 0 Å². The molecule has 0 bridgehead atoms. The minimum atomic E-state index is -1.29. The number of hydrogen-bond donors (Lipinski definition) is 2. The number of nitrogens with zero attached hydrogens (tertiary/aromatic N) is 1. The Kier molecular flexibility index (Phi) is 4.30. The van der Waals surface area contributed by atoms with E-state index in [2.05, 4.69) is 0 Å². The maximum atomic E-state index is 11.6. The fourth-order valence-electron chi connectivity index (χ4n) is 2.07. The Morgan fingerprint density at radius 1 is 1.44 bits per heavy atom. The van der Waals surface area contributed by atoms with Crippen molar-refractivity contribution >= 4 is 5.97 Å². The number of carbonyl (C=O) groups is 1. The molecule has 1 aromatic rings. The molecule has 1 aliphatic heterocycles. The lowest BCUT2D eigenvalue weighted by molar-refractivity contribution is -0.173. The minimum Gasteiger partial charge on any atom is -0.459 e. The molecule has 1 saturated heterocycles. The summed E-state index contributed by atoms with van der Waals surface area (Å²) in [5.74, 6) is -0.690. The number of aliphatic hydroxyl groups is 1. The first-order valence-corrected chi connectivity index (χ1v) is 6.02. The Balaban J connectivity index is 1.84. The minimum absolute atomic E-state index is 0.134. The molecular formula is C13H17NO4. The van der Waals surface area contributed by atoms with E-state index in [4.69, 9.17) is 4.74 Å². The highest BCUT2D eigenvalue weighted by atomic mass is 16.6. The Morgan fingerprint density at radius 3 is 2.78 bits per heavy atom. The molecule has 1 fully saturated rings. The van der Waals surface area contributed by atoms with E-state index in [0.717, 1.165) is 17.0 Å². The van der Waals surface area contributed by atoms with Crippen molar-refractivity contribution in [1.29, 1.82) is 0 Å². The number of carbonyl (C=O) groups excluding carboxylic acids is 1. The molecule has 1 aromatic carbocycles. The van der Waals surface area contributed by atoms with Gasteiger partial charge in [-0.2, -0.15) is 5.06 Å². The summed E-state index contributed by atoms with van der Waals surface area (Å²) >= 11 is 0.